The number of aromatic amines is 1. The molecule has 0 bridgehead atoms. The van der Waals surface area contributed by atoms with Crippen LogP contribution in [-0.2, 0) is 23.1 Å². The highest BCUT2D eigenvalue weighted by Crippen LogP contribution is 2.11. The molecule has 0 radical (unpaired) electrons. The molecule has 0 saturated heterocycles. The summed E-state index contributed by atoms with van der Waals surface area (Å²) in [6.07, 6.45) is 1.03. The fraction of sp³-hybridized carbons (Fsp3) is 0.417. The van der Waals surface area contributed by atoms with Gasteiger partial charge in [-0.25, -0.2) is 13.1 Å². The number of hydrogen-bond acceptors (Lipinski definition) is 6. The van der Waals surface area contributed by atoms with Crippen molar-refractivity contribution in [1.82, 2.24) is 30.7 Å². The molecular weight excluding hydrogens is 292 g/mol. The van der Waals surface area contributed by atoms with E-state index >= 15 is 0 Å². The van der Waals surface area contributed by atoms with E-state index in [1.54, 1.807) is 18.2 Å². The van der Waals surface area contributed by atoms with Gasteiger partial charge in [-0.3, -0.25) is 0 Å². The molecule has 1 aromatic heterocycles. The standard InChI is InChI=1S/C12H18N6O2S/c1-2-6-13-8-10-4-3-5-11(7-10)21(19,20)14-9-12-15-17-18-16-12/h3-5,7,13-14H,2,6,8-9H2,1H3,(H,15,16,17,18). The van der Waals surface area contributed by atoms with Crippen molar-refractivity contribution in [2.75, 3.05) is 6.54 Å². The minimum absolute atomic E-state index is 0.00283. The number of hydrogen-bond donors (Lipinski definition) is 3. The van der Waals surface area contributed by atoms with Gasteiger partial charge >= 0.3 is 0 Å². The van der Waals surface area contributed by atoms with Crippen LogP contribution in [0, 0.1) is 0 Å². The molecule has 114 valence electrons. The van der Waals surface area contributed by atoms with Gasteiger partial charge in [-0.2, -0.15) is 5.21 Å². The lowest BCUT2D eigenvalue weighted by atomic mass is 10.2. The lowest BCUT2D eigenvalue weighted by Crippen LogP contribution is -2.24. The first kappa shape index (κ1) is 15.5. The molecule has 1 aromatic carbocycles. The Balaban J connectivity index is 2.03. The Labute approximate surface area is 123 Å². The van der Waals surface area contributed by atoms with E-state index in [4.69, 9.17) is 0 Å². The summed E-state index contributed by atoms with van der Waals surface area (Å²) in [7, 11) is -3.59. The van der Waals surface area contributed by atoms with E-state index in [0.29, 0.717) is 12.4 Å². The molecule has 0 amide bonds. The van der Waals surface area contributed by atoms with Crippen LogP contribution in [0.1, 0.15) is 24.7 Å². The third-order valence-electron chi connectivity index (χ3n) is 2.77. The van der Waals surface area contributed by atoms with Gasteiger partial charge in [0.2, 0.25) is 10.0 Å². The molecule has 2 aromatic rings. The SMILES string of the molecule is CCCNCc1cccc(S(=O)(=O)NCc2nn[nH]n2)c1. The maximum atomic E-state index is 12.2. The molecule has 0 aliphatic heterocycles. The van der Waals surface area contributed by atoms with Crippen LogP contribution in [0.5, 0.6) is 0 Å². The summed E-state index contributed by atoms with van der Waals surface area (Å²) in [5.41, 5.74) is 0.922. The number of aromatic nitrogens is 4. The molecule has 9 heteroatoms. The predicted octanol–water partition coefficient (Wildman–Crippen LogP) is 0.178. The van der Waals surface area contributed by atoms with Crippen LogP contribution in [0.15, 0.2) is 29.2 Å². The summed E-state index contributed by atoms with van der Waals surface area (Å²) in [6.45, 7) is 3.61. The molecule has 21 heavy (non-hydrogen) atoms. The van der Waals surface area contributed by atoms with Gasteiger partial charge in [0.05, 0.1) is 11.4 Å². The normalized spacial score (nSPS) is 11.7. The first-order valence-electron chi connectivity index (χ1n) is 6.63. The summed E-state index contributed by atoms with van der Waals surface area (Å²) in [4.78, 5) is 0.224. The molecule has 0 saturated carbocycles. The zero-order valence-corrected chi connectivity index (χ0v) is 12.5. The molecule has 0 spiro atoms. The molecule has 0 fully saturated rings. The Morgan fingerprint density at radius 1 is 1.29 bits per heavy atom. The minimum atomic E-state index is -3.59. The number of benzene rings is 1. The van der Waals surface area contributed by atoms with E-state index in [1.165, 1.54) is 0 Å². The van der Waals surface area contributed by atoms with Crippen LogP contribution >= 0.6 is 0 Å². The van der Waals surface area contributed by atoms with Crippen molar-refractivity contribution in [2.45, 2.75) is 31.3 Å². The van der Waals surface area contributed by atoms with E-state index in [1.807, 2.05) is 6.07 Å². The Morgan fingerprint density at radius 3 is 2.86 bits per heavy atom. The second-order valence-electron chi connectivity index (χ2n) is 4.48. The number of sulfonamides is 1. The van der Waals surface area contributed by atoms with Crippen LogP contribution in [-0.4, -0.2) is 35.6 Å². The molecule has 0 atom stereocenters. The maximum Gasteiger partial charge on any atom is 0.240 e. The lowest BCUT2D eigenvalue weighted by Gasteiger charge is -2.08. The average Bonchev–Trinajstić information content (AvgIpc) is 2.99. The Morgan fingerprint density at radius 2 is 2.14 bits per heavy atom. The fourth-order valence-corrected chi connectivity index (χ4v) is 2.78. The van der Waals surface area contributed by atoms with E-state index in [-0.39, 0.29) is 11.4 Å². The highest BCUT2D eigenvalue weighted by Gasteiger charge is 2.15. The van der Waals surface area contributed by atoms with Crippen molar-refractivity contribution in [2.24, 2.45) is 0 Å². The molecule has 0 aliphatic carbocycles. The highest BCUT2D eigenvalue weighted by molar-refractivity contribution is 7.89. The summed E-state index contributed by atoms with van der Waals surface area (Å²) in [5, 5.41) is 16.3. The van der Waals surface area contributed by atoms with Gasteiger partial charge in [-0.15, -0.1) is 10.2 Å². The van der Waals surface area contributed by atoms with Crippen molar-refractivity contribution in [3.63, 3.8) is 0 Å². The second kappa shape index (κ2) is 7.25. The zero-order chi connectivity index (χ0) is 15.1. The van der Waals surface area contributed by atoms with Gasteiger partial charge < -0.3 is 5.32 Å². The van der Waals surface area contributed by atoms with Crippen LogP contribution in [0.4, 0.5) is 0 Å². The van der Waals surface area contributed by atoms with Gasteiger partial charge in [0.15, 0.2) is 5.82 Å². The maximum absolute atomic E-state index is 12.2. The van der Waals surface area contributed by atoms with Gasteiger partial charge in [-0.1, -0.05) is 24.3 Å². The molecule has 8 nitrogen and oxygen atoms in total. The number of nitrogens with one attached hydrogen (secondary N) is 3. The van der Waals surface area contributed by atoms with Crippen molar-refractivity contribution in [1.29, 1.82) is 0 Å². The molecular formula is C12H18N6O2S. The number of nitrogens with zero attached hydrogens (tertiary/aromatic N) is 3. The zero-order valence-electron chi connectivity index (χ0n) is 11.7. The first-order valence-corrected chi connectivity index (χ1v) is 8.12. The highest BCUT2D eigenvalue weighted by atomic mass is 32.2. The van der Waals surface area contributed by atoms with Gasteiger partial charge in [-0.05, 0) is 30.7 Å². The van der Waals surface area contributed by atoms with Crippen molar-refractivity contribution in [3.8, 4) is 0 Å². The summed E-state index contributed by atoms with van der Waals surface area (Å²) < 4.78 is 26.8. The van der Waals surface area contributed by atoms with Gasteiger partial charge in [0.25, 0.3) is 0 Å². The molecule has 3 N–H and O–H groups in total. The Bertz CT molecular complexity index is 656. The van der Waals surface area contributed by atoms with E-state index in [9.17, 15) is 8.42 Å². The van der Waals surface area contributed by atoms with E-state index in [0.717, 1.165) is 18.5 Å². The lowest BCUT2D eigenvalue weighted by molar-refractivity contribution is 0.579. The van der Waals surface area contributed by atoms with Crippen LogP contribution in [0.2, 0.25) is 0 Å². The summed E-state index contributed by atoms with van der Waals surface area (Å²) >= 11 is 0. The monoisotopic (exact) mass is 310 g/mol. The van der Waals surface area contributed by atoms with Gasteiger partial charge in [0.1, 0.15) is 0 Å². The predicted molar refractivity (Wildman–Crippen MR) is 76.6 cm³/mol. The topological polar surface area (TPSA) is 113 Å². The molecule has 1 heterocycles. The van der Waals surface area contributed by atoms with Crippen LogP contribution in [0.25, 0.3) is 0 Å². The van der Waals surface area contributed by atoms with Crippen molar-refractivity contribution < 1.29 is 8.42 Å². The van der Waals surface area contributed by atoms with Gasteiger partial charge in [0, 0.05) is 6.54 Å². The number of tetrazole rings is 1. The number of H-pyrrole nitrogens is 1. The summed E-state index contributed by atoms with van der Waals surface area (Å²) in [5.74, 6) is 0.291. The first-order chi connectivity index (χ1) is 10.1. The Hall–Kier alpha value is -1.84. The third-order valence-corrected chi connectivity index (χ3v) is 4.17. The van der Waals surface area contributed by atoms with E-state index < -0.39 is 10.0 Å². The fourth-order valence-electron chi connectivity index (χ4n) is 1.73. The quantitative estimate of drug-likeness (QED) is 0.599. The van der Waals surface area contributed by atoms with Crippen LogP contribution < -0.4 is 10.0 Å². The van der Waals surface area contributed by atoms with E-state index in [2.05, 4.69) is 37.6 Å². The number of rotatable bonds is 8. The summed E-state index contributed by atoms with van der Waals surface area (Å²) in [6, 6.07) is 6.83. The smallest absolute Gasteiger partial charge is 0.240 e. The molecule has 2 rings (SSSR count). The Kier molecular flexibility index (Phi) is 5.37. The average molecular weight is 310 g/mol. The van der Waals surface area contributed by atoms with Crippen molar-refractivity contribution in [3.05, 3.63) is 35.7 Å². The third kappa shape index (κ3) is 4.59. The van der Waals surface area contributed by atoms with Crippen LogP contribution in [0.3, 0.4) is 0 Å². The van der Waals surface area contributed by atoms with Crippen molar-refractivity contribution >= 4 is 10.0 Å². The second-order valence-corrected chi connectivity index (χ2v) is 6.24. The molecule has 0 unspecified atom stereocenters. The largest absolute Gasteiger partial charge is 0.313 e. The molecule has 0 aliphatic rings. The minimum Gasteiger partial charge on any atom is -0.313 e.